The van der Waals surface area contributed by atoms with Crippen LogP contribution in [0.5, 0.6) is 0 Å². The summed E-state index contributed by atoms with van der Waals surface area (Å²) in [6.45, 7) is 11.2. The second-order valence-corrected chi connectivity index (χ2v) is 14.4. The SMILES string of the molecule is CC(C)(C)OC(=O)CCCCCCCCCCCCCCCCC(=O)NC(CCC(=O)OCc1ccccc1)C(=O)OC(C)(C)C. The number of hydrogen-bond acceptors (Lipinski definition) is 7. The van der Waals surface area contributed by atoms with Crippen LogP contribution < -0.4 is 5.32 Å². The van der Waals surface area contributed by atoms with Gasteiger partial charge in [-0.3, -0.25) is 14.4 Å². The Morgan fingerprint density at radius 2 is 1.04 bits per heavy atom. The lowest BCUT2D eigenvalue weighted by Gasteiger charge is -2.24. The molecule has 0 radical (unpaired) electrons. The highest BCUT2D eigenvalue weighted by atomic mass is 16.6. The van der Waals surface area contributed by atoms with E-state index in [-0.39, 0.29) is 31.3 Å². The van der Waals surface area contributed by atoms with Gasteiger partial charge in [-0.2, -0.15) is 0 Å². The highest BCUT2D eigenvalue weighted by Gasteiger charge is 2.27. The van der Waals surface area contributed by atoms with Crippen LogP contribution in [-0.2, 0) is 40.0 Å². The quantitative estimate of drug-likeness (QED) is 0.0679. The highest BCUT2D eigenvalue weighted by Crippen LogP contribution is 2.16. The molecule has 8 nitrogen and oxygen atoms in total. The molecule has 0 saturated carbocycles. The van der Waals surface area contributed by atoms with Gasteiger partial charge in [0.15, 0.2) is 0 Å². The molecule has 0 aliphatic heterocycles. The van der Waals surface area contributed by atoms with Gasteiger partial charge in [0, 0.05) is 19.3 Å². The summed E-state index contributed by atoms with van der Waals surface area (Å²) < 4.78 is 16.2. The van der Waals surface area contributed by atoms with Crippen LogP contribution in [0.25, 0.3) is 0 Å². The summed E-state index contributed by atoms with van der Waals surface area (Å²) in [7, 11) is 0. The van der Waals surface area contributed by atoms with Crippen LogP contribution in [0.2, 0.25) is 0 Å². The Kier molecular flexibility index (Phi) is 20.9. The molecule has 1 atom stereocenters. The summed E-state index contributed by atoms with van der Waals surface area (Å²) >= 11 is 0. The van der Waals surface area contributed by atoms with E-state index in [0.29, 0.717) is 12.8 Å². The van der Waals surface area contributed by atoms with E-state index in [1.54, 1.807) is 20.8 Å². The van der Waals surface area contributed by atoms with Crippen molar-refractivity contribution in [3.63, 3.8) is 0 Å². The van der Waals surface area contributed by atoms with Crippen LogP contribution in [-0.4, -0.2) is 41.1 Å². The normalized spacial score (nSPS) is 12.3. The van der Waals surface area contributed by atoms with Crippen LogP contribution in [0.4, 0.5) is 0 Å². The van der Waals surface area contributed by atoms with Crippen molar-refractivity contribution in [2.24, 2.45) is 0 Å². The van der Waals surface area contributed by atoms with E-state index in [1.165, 1.54) is 57.8 Å². The molecule has 0 fully saturated rings. The molecule has 0 bridgehead atoms. The lowest BCUT2D eigenvalue weighted by molar-refractivity contribution is -0.159. The Morgan fingerprint density at radius 1 is 0.587 bits per heavy atom. The summed E-state index contributed by atoms with van der Waals surface area (Å²) in [6.07, 6.45) is 17.0. The molecule has 0 heterocycles. The predicted octanol–water partition coefficient (Wildman–Crippen LogP) is 8.92. The van der Waals surface area contributed by atoms with Crippen molar-refractivity contribution in [2.45, 2.75) is 181 Å². The first kappa shape index (κ1) is 41.1. The molecule has 0 saturated heterocycles. The number of ether oxygens (including phenoxy) is 3. The first-order chi connectivity index (χ1) is 21.7. The van der Waals surface area contributed by atoms with Gasteiger partial charge in [-0.1, -0.05) is 107 Å². The van der Waals surface area contributed by atoms with Crippen LogP contribution >= 0.6 is 0 Å². The summed E-state index contributed by atoms with van der Waals surface area (Å²) in [4.78, 5) is 49.4. The largest absolute Gasteiger partial charge is 0.461 e. The predicted molar refractivity (Wildman–Crippen MR) is 183 cm³/mol. The number of hydrogen-bond donors (Lipinski definition) is 1. The van der Waals surface area contributed by atoms with Gasteiger partial charge < -0.3 is 19.5 Å². The second-order valence-electron chi connectivity index (χ2n) is 14.4. The third kappa shape index (κ3) is 24.3. The van der Waals surface area contributed by atoms with Crippen molar-refractivity contribution >= 4 is 23.8 Å². The van der Waals surface area contributed by atoms with Gasteiger partial charge in [0.1, 0.15) is 23.9 Å². The number of unbranched alkanes of at least 4 members (excludes halogenated alkanes) is 13. The number of rotatable bonds is 24. The molecule has 0 aliphatic carbocycles. The van der Waals surface area contributed by atoms with Crippen molar-refractivity contribution < 1.29 is 33.4 Å². The van der Waals surface area contributed by atoms with Gasteiger partial charge in [-0.05, 0) is 66.4 Å². The fourth-order valence-electron chi connectivity index (χ4n) is 5.03. The molecule has 0 aliphatic rings. The number of carbonyl (C=O) groups excluding carboxylic acids is 4. The van der Waals surface area contributed by atoms with Gasteiger partial charge in [-0.25, -0.2) is 4.79 Å². The molecular formula is C38H63NO7. The summed E-state index contributed by atoms with van der Waals surface area (Å²) in [5.41, 5.74) is -0.198. The maximum absolute atomic E-state index is 12.8. The lowest BCUT2D eigenvalue weighted by Crippen LogP contribution is -2.44. The number of nitrogens with one attached hydrogen (secondary N) is 1. The lowest BCUT2D eigenvalue weighted by atomic mass is 10.0. The fraction of sp³-hybridized carbons (Fsp3) is 0.737. The third-order valence-electron chi connectivity index (χ3n) is 7.36. The molecule has 46 heavy (non-hydrogen) atoms. The molecule has 0 spiro atoms. The van der Waals surface area contributed by atoms with E-state index in [0.717, 1.165) is 37.7 Å². The zero-order valence-corrected chi connectivity index (χ0v) is 29.8. The first-order valence-electron chi connectivity index (χ1n) is 17.7. The molecule has 1 rings (SSSR count). The zero-order chi connectivity index (χ0) is 34.3. The molecule has 262 valence electrons. The number of amides is 1. The van der Waals surface area contributed by atoms with E-state index in [2.05, 4.69) is 5.32 Å². The standard InChI is InChI=1S/C38H63NO7/c1-37(2,3)45-35(42)27-23-18-16-14-12-10-8-7-9-11-13-15-17-22-26-33(40)39-32(36(43)46-38(4,5)6)28-29-34(41)44-30-31-24-20-19-21-25-31/h19-21,24-25,32H,7-18,22-23,26-30H2,1-6H3,(H,39,40). The van der Waals surface area contributed by atoms with Crippen molar-refractivity contribution in [2.75, 3.05) is 0 Å². The minimum atomic E-state index is -0.889. The number of carbonyl (C=O) groups is 4. The molecule has 1 aromatic rings. The Labute approximate surface area is 279 Å². The van der Waals surface area contributed by atoms with Gasteiger partial charge in [0.25, 0.3) is 0 Å². The zero-order valence-electron chi connectivity index (χ0n) is 29.8. The van der Waals surface area contributed by atoms with Gasteiger partial charge in [0.05, 0.1) is 0 Å². The van der Waals surface area contributed by atoms with E-state index >= 15 is 0 Å². The first-order valence-corrected chi connectivity index (χ1v) is 17.7. The molecule has 0 aromatic heterocycles. The maximum Gasteiger partial charge on any atom is 0.329 e. The van der Waals surface area contributed by atoms with Gasteiger partial charge >= 0.3 is 17.9 Å². The topological polar surface area (TPSA) is 108 Å². The average Bonchev–Trinajstić information content (AvgIpc) is 2.96. The molecular weight excluding hydrogens is 582 g/mol. The minimum Gasteiger partial charge on any atom is -0.461 e. The molecule has 1 unspecified atom stereocenters. The molecule has 1 aromatic carbocycles. The van der Waals surface area contributed by atoms with Crippen LogP contribution in [0.1, 0.15) is 163 Å². The average molecular weight is 646 g/mol. The maximum atomic E-state index is 12.8. The summed E-state index contributed by atoms with van der Waals surface area (Å²) in [5.74, 6) is -1.24. The van der Waals surface area contributed by atoms with Crippen LogP contribution in [0.3, 0.4) is 0 Å². The Balaban J connectivity index is 2.11. The number of benzene rings is 1. The summed E-state index contributed by atoms with van der Waals surface area (Å²) in [5, 5.41) is 2.79. The Bertz CT molecular complexity index is 995. The second kappa shape index (κ2) is 23.4. The van der Waals surface area contributed by atoms with Crippen LogP contribution in [0, 0.1) is 0 Å². The van der Waals surface area contributed by atoms with E-state index < -0.39 is 29.2 Å². The van der Waals surface area contributed by atoms with E-state index in [9.17, 15) is 19.2 Å². The number of esters is 3. The smallest absolute Gasteiger partial charge is 0.329 e. The Morgan fingerprint density at radius 3 is 1.52 bits per heavy atom. The molecule has 1 N–H and O–H groups in total. The summed E-state index contributed by atoms with van der Waals surface area (Å²) in [6, 6.07) is 8.52. The third-order valence-corrected chi connectivity index (χ3v) is 7.36. The molecule has 1 amide bonds. The highest BCUT2D eigenvalue weighted by molar-refractivity contribution is 5.85. The van der Waals surface area contributed by atoms with Gasteiger partial charge in [0.2, 0.25) is 5.91 Å². The van der Waals surface area contributed by atoms with Crippen molar-refractivity contribution in [1.82, 2.24) is 5.32 Å². The van der Waals surface area contributed by atoms with Crippen molar-refractivity contribution in [1.29, 1.82) is 0 Å². The van der Waals surface area contributed by atoms with Crippen molar-refractivity contribution in [3.05, 3.63) is 35.9 Å². The van der Waals surface area contributed by atoms with Crippen molar-refractivity contribution in [3.8, 4) is 0 Å². The Hall–Kier alpha value is -2.90. The van der Waals surface area contributed by atoms with Crippen LogP contribution in [0.15, 0.2) is 30.3 Å². The van der Waals surface area contributed by atoms with E-state index in [4.69, 9.17) is 14.2 Å². The van der Waals surface area contributed by atoms with Gasteiger partial charge in [-0.15, -0.1) is 0 Å². The monoisotopic (exact) mass is 645 g/mol. The molecule has 8 heteroatoms. The van der Waals surface area contributed by atoms with E-state index in [1.807, 2.05) is 51.1 Å². The fourth-order valence-corrected chi connectivity index (χ4v) is 5.03. The minimum absolute atomic E-state index is 0.00834.